The molecular weight excluding hydrogens is 511 g/mol. The Labute approximate surface area is 230 Å². The zero-order chi connectivity index (χ0) is 26.8. The Morgan fingerprint density at radius 2 is 2.00 bits per heavy atom. The van der Waals surface area contributed by atoms with Crippen molar-refractivity contribution in [1.29, 1.82) is 0 Å². The molecule has 4 aromatic rings. The van der Waals surface area contributed by atoms with Crippen molar-refractivity contribution in [1.82, 2.24) is 24.6 Å². The number of pyridine rings is 2. The predicted molar refractivity (Wildman–Crippen MR) is 146 cm³/mol. The number of amides is 1. The van der Waals surface area contributed by atoms with Crippen LogP contribution in [0.4, 0.5) is 15.9 Å². The van der Waals surface area contributed by atoms with E-state index in [-0.39, 0.29) is 17.3 Å². The average Bonchev–Trinajstić information content (AvgIpc) is 3.76. The second-order valence-electron chi connectivity index (χ2n) is 11.0. The lowest BCUT2D eigenvalue weighted by molar-refractivity contribution is -0.0457. The number of benzene rings is 1. The molecule has 4 aliphatic heterocycles. The predicted octanol–water partition coefficient (Wildman–Crippen LogP) is 4.13. The average molecular weight is 541 g/mol. The van der Waals surface area contributed by atoms with Crippen molar-refractivity contribution in [3.8, 4) is 11.3 Å². The molecule has 204 valence electrons. The lowest BCUT2D eigenvalue weighted by Gasteiger charge is -2.44. The Morgan fingerprint density at radius 3 is 2.85 bits per heavy atom. The number of carbonyl (C=O) groups excluding carboxylic acids is 1. The second-order valence-corrected chi connectivity index (χ2v) is 11.0. The summed E-state index contributed by atoms with van der Waals surface area (Å²) in [5, 5.41) is 6.41. The van der Waals surface area contributed by atoms with E-state index in [1.807, 2.05) is 22.6 Å². The van der Waals surface area contributed by atoms with E-state index in [4.69, 9.17) is 14.5 Å². The molecule has 2 fully saturated rings. The molecule has 0 bridgehead atoms. The number of fused-ring (bicyclic) bond motifs is 4. The van der Waals surface area contributed by atoms with Crippen LogP contribution in [0.25, 0.3) is 16.9 Å². The van der Waals surface area contributed by atoms with Crippen LogP contribution in [-0.4, -0.2) is 57.6 Å². The molecule has 1 spiro atoms. The molecular formula is C30H29FN6O3. The Hall–Kier alpha value is -3.86. The van der Waals surface area contributed by atoms with Gasteiger partial charge in [-0.05, 0) is 48.6 Å². The Balaban J connectivity index is 1.15. The monoisotopic (exact) mass is 540 g/mol. The van der Waals surface area contributed by atoms with Gasteiger partial charge in [-0.15, -0.1) is 0 Å². The van der Waals surface area contributed by atoms with Crippen LogP contribution in [0.5, 0.6) is 0 Å². The lowest BCUT2D eigenvalue weighted by atomic mass is 9.82. The number of carbonyl (C=O) groups is 1. The topological polar surface area (TPSA) is 93.0 Å². The number of halogens is 1. The number of aromatic nitrogens is 3. The summed E-state index contributed by atoms with van der Waals surface area (Å²) in [7, 11) is 0. The molecule has 2 N–H and O–H groups in total. The summed E-state index contributed by atoms with van der Waals surface area (Å²) >= 11 is 0. The standard InChI is InChI=1S/C30H29FN6O3/c31-18-5-9-36-25(15-32-27(36)13-18)20-1-3-23(28-21(20)14-33-29(28)38)34-26-4-2-22-24(35-26)16-37(19-6-10-40-17-19)30(22)7-11-39-12-8-30/h1-5,9,13,15,19H,6-8,10-12,14,16-17H2,(H,33,38)(H,34,35). The highest BCUT2D eigenvalue weighted by Gasteiger charge is 2.50. The minimum atomic E-state index is -0.337. The van der Waals surface area contributed by atoms with Crippen molar-refractivity contribution < 1.29 is 18.7 Å². The molecule has 8 rings (SSSR count). The summed E-state index contributed by atoms with van der Waals surface area (Å²) in [5.41, 5.74) is 6.71. The van der Waals surface area contributed by atoms with Gasteiger partial charge in [-0.25, -0.2) is 14.4 Å². The van der Waals surface area contributed by atoms with E-state index in [1.165, 1.54) is 17.7 Å². The van der Waals surface area contributed by atoms with Crippen LogP contribution in [-0.2, 0) is 28.1 Å². The number of hydrogen-bond acceptors (Lipinski definition) is 7. The first-order chi connectivity index (χ1) is 19.6. The molecule has 0 saturated carbocycles. The minimum Gasteiger partial charge on any atom is -0.381 e. The van der Waals surface area contributed by atoms with E-state index in [0.29, 0.717) is 35.3 Å². The lowest BCUT2D eigenvalue weighted by Crippen LogP contribution is -2.50. The van der Waals surface area contributed by atoms with E-state index in [2.05, 4.69) is 26.6 Å². The van der Waals surface area contributed by atoms with Gasteiger partial charge < -0.3 is 20.1 Å². The van der Waals surface area contributed by atoms with Gasteiger partial charge in [-0.3, -0.25) is 14.1 Å². The number of nitrogens with zero attached hydrogens (tertiary/aromatic N) is 4. The maximum atomic E-state index is 13.7. The van der Waals surface area contributed by atoms with Crippen molar-refractivity contribution in [3.05, 3.63) is 77.0 Å². The van der Waals surface area contributed by atoms with E-state index in [9.17, 15) is 9.18 Å². The first-order valence-electron chi connectivity index (χ1n) is 13.9. The summed E-state index contributed by atoms with van der Waals surface area (Å²) in [4.78, 5) is 25.1. The molecule has 0 aliphatic carbocycles. The van der Waals surface area contributed by atoms with Gasteiger partial charge in [-0.2, -0.15) is 0 Å². The van der Waals surface area contributed by atoms with Crippen molar-refractivity contribution >= 4 is 23.1 Å². The fourth-order valence-electron chi connectivity index (χ4n) is 7.08. The molecule has 7 heterocycles. The van der Waals surface area contributed by atoms with E-state index >= 15 is 0 Å². The molecule has 10 heteroatoms. The zero-order valence-electron chi connectivity index (χ0n) is 22.0. The first kappa shape index (κ1) is 24.0. The van der Waals surface area contributed by atoms with Gasteiger partial charge in [-0.1, -0.05) is 12.1 Å². The van der Waals surface area contributed by atoms with E-state index < -0.39 is 0 Å². The molecule has 9 nitrogen and oxygen atoms in total. The molecule has 1 atom stereocenters. The van der Waals surface area contributed by atoms with Gasteiger partial charge in [0.05, 0.1) is 41.0 Å². The fraction of sp³-hybridized carbons (Fsp3) is 0.367. The van der Waals surface area contributed by atoms with Crippen LogP contribution in [0.2, 0.25) is 0 Å². The van der Waals surface area contributed by atoms with Crippen LogP contribution in [0.15, 0.2) is 48.8 Å². The Bertz CT molecular complexity index is 1660. The third-order valence-corrected chi connectivity index (χ3v) is 8.99. The summed E-state index contributed by atoms with van der Waals surface area (Å²) < 4.78 is 27.1. The van der Waals surface area contributed by atoms with Gasteiger partial charge in [0.15, 0.2) is 0 Å². The van der Waals surface area contributed by atoms with E-state index in [1.54, 1.807) is 12.4 Å². The first-order valence-corrected chi connectivity index (χ1v) is 13.9. The van der Waals surface area contributed by atoms with Gasteiger partial charge in [0.2, 0.25) is 0 Å². The van der Waals surface area contributed by atoms with Crippen molar-refractivity contribution in [2.75, 3.05) is 31.7 Å². The molecule has 4 aliphatic rings. The maximum Gasteiger partial charge on any atom is 0.254 e. The Kier molecular flexibility index (Phi) is 5.45. The van der Waals surface area contributed by atoms with Crippen LogP contribution < -0.4 is 10.6 Å². The number of anilines is 2. The molecule has 40 heavy (non-hydrogen) atoms. The number of hydrogen-bond donors (Lipinski definition) is 2. The highest BCUT2D eigenvalue weighted by Crippen LogP contribution is 2.48. The fourth-order valence-corrected chi connectivity index (χ4v) is 7.08. The summed E-state index contributed by atoms with van der Waals surface area (Å²) in [6, 6.07) is 11.3. The largest absolute Gasteiger partial charge is 0.381 e. The smallest absolute Gasteiger partial charge is 0.254 e. The quantitative estimate of drug-likeness (QED) is 0.402. The van der Waals surface area contributed by atoms with Gasteiger partial charge in [0.1, 0.15) is 17.3 Å². The van der Waals surface area contributed by atoms with E-state index in [0.717, 1.165) is 74.7 Å². The maximum absolute atomic E-state index is 13.7. The summed E-state index contributed by atoms with van der Waals surface area (Å²) in [5.74, 6) is 0.245. The Morgan fingerprint density at radius 1 is 1.10 bits per heavy atom. The normalized spacial score (nSPS) is 21.6. The number of rotatable bonds is 4. The molecule has 1 aromatic carbocycles. The van der Waals surface area contributed by atoms with Crippen molar-refractivity contribution in [2.24, 2.45) is 0 Å². The number of nitrogens with one attached hydrogen (secondary N) is 2. The molecule has 3 aromatic heterocycles. The van der Waals surface area contributed by atoms with Crippen molar-refractivity contribution in [3.63, 3.8) is 0 Å². The molecule has 0 radical (unpaired) electrons. The number of ether oxygens (including phenoxy) is 2. The van der Waals surface area contributed by atoms with Gasteiger partial charge in [0.25, 0.3) is 5.91 Å². The molecule has 1 unspecified atom stereocenters. The van der Waals surface area contributed by atoms with Crippen LogP contribution in [0.3, 0.4) is 0 Å². The third kappa shape index (κ3) is 3.59. The molecule has 1 amide bonds. The number of imidazole rings is 1. The molecule has 2 saturated heterocycles. The minimum absolute atomic E-state index is 0.0583. The second kappa shape index (κ2) is 9.09. The van der Waals surface area contributed by atoms with Crippen LogP contribution in [0.1, 0.15) is 46.4 Å². The zero-order valence-corrected chi connectivity index (χ0v) is 22.0. The van der Waals surface area contributed by atoms with Gasteiger partial charge in [0, 0.05) is 56.8 Å². The summed E-state index contributed by atoms with van der Waals surface area (Å²) in [6.45, 7) is 4.26. The van der Waals surface area contributed by atoms with Crippen LogP contribution in [0, 0.1) is 5.82 Å². The van der Waals surface area contributed by atoms with Crippen molar-refractivity contribution in [2.45, 2.75) is 43.9 Å². The highest BCUT2D eigenvalue weighted by atomic mass is 19.1. The highest BCUT2D eigenvalue weighted by molar-refractivity contribution is 6.06. The SMILES string of the molecule is O=C1NCc2c(-c3cnc4cc(F)ccn34)ccc(Nc3ccc4c(n3)CN(C3CCOC3)C43CCOCC3)c21. The summed E-state index contributed by atoms with van der Waals surface area (Å²) in [6.07, 6.45) is 6.33. The third-order valence-electron chi connectivity index (χ3n) is 8.99. The van der Waals surface area contributed by atoms with Crippen LogP contribution >= 0.6 is 0 Å². The van der Waals surface area contributed by atoms with Gasteiger partial charge >= 0.3 is 0 Å².